The summed E-state index contributed by atoms with van der Waals surface area (Å²) < 4.78 is 13.1. The van der Waals surface area contributed by atoms with E-state index in [-0.39, 0.29) is 24.0 Å². The van der Waals surface area contributed by atoms with E-state index in [1.54, 1.807) is 31.5 Å². The van der Waals surface area contributed by atoms with Crippen LogP contribution >= 0.6 is 0 Å². The molecule has 3 aromatic carbocycles. The second-order valence-electron chi connectivity index (χ2n) is 10.5. The molecule has 0 unspecified atom stereocenters. The number of carbonyl (C=O) groups is 1. The van der Waals surface area contributed by atoms with Gasteiger partial charge in [0.15, 0.2) is 18.1 Å². The van der Waals surface area contributed by atoms with Gasteiger partial charge < -0.3 is 14.8 Å². The Bertz CT molecular complexity index is 1690. The lowest BCUT2D eigenvalue weighted by Crippen LogP contribution is -2.25. The van der Waals surface area contributed by atoms with E-state index < -0.39 is 0 Å². The Kier molecular flexibility index (Phi) is 9.12. The van der Waals surface area contributed by atoms with E-state index in [0.29, 0.717) is 34.6 Å². The van der Waals surface area contributed by atoms with Gasteiger partial charge in [0.1, 0.15) is 5.82 Å². The predicted octanol–water partition coefficient (Wildman–Crippen LogP) is 6.39. The molecule has 0 saturated heterocycles. The molecule has 8 heteroatoms. The summed E-state index contributed by atoms with van der Waals surface area (Å²) >= 11 is 0. The standard InChI is InChI=1S/C34H36N4O4/c1-4-12-26-19-24(20-30(41-3)32(26)42-22-31(39)36-28-17-10-8-13-23(28)2)21-35-38-33(25-14-6-5-7-15-25)37-29-18-11-9-16-27(29)34(38)40/h4,8-11,13,16-21,25H,1,5-7,12,14-15,22H2,2-3H3,(H,36,39). The summed E-state index contributed by atoms with van der Waals surface area (Å²) in [5, 5.41) is 8.09. The highest BCUT2D eigenvalue weighted by Gasteiger charge is 2.22. The second kappa shape index (κ2) is 13.3. The summed E-state index contributed by atoms with van der Waals surface area (Å²) in [6.07, 6.45) is 9.29. The molecule has 0 spiro atoms. The van der Waals surface area contributed by atoms with Crippen LogP contribution in [-0.4, -0.2) is 35.5 Å². The Hall–Kier alpha value is -4.72. The third kappa shape index (κ3) is 6.43. The van der Waals surface area contributed by atoms with Crippen molar-refractivity contribution in [3.63, 3.8) is 0 Å². The highest BCUT2D eigenvalue weighted by Crippen LogP contribution is 2.34. The number of anilines is 1. The van der Waals surface area contributed by atoms with Crippen molar-refractivity contribution < 1.29 is 14.3 Å². The molecule has 5 rings (SSSR count). The molecule has 42 heavy (non-hydrogen) atoms. The van der Waals surface area contributed by atoms with Crippen LogP contribution < -0.4 is 20.3 Å². The summed E-state index contributed by atoms with van der Waals surface area (Å²) in [7, 11) is 1.55. The van der Waals surface area contributed by atoms with Crippen LogP contribution in [0.1, 0.15) is 60.5 Å². The van der Waals surface area contributed by atoms with E-state index in [4.69, 9.17) is 14.5 Å². The molecule has 0 radical (unpaired) electrons. The van der Waals surface area contributed by atoms with Crippen molar-refractivity contribution in [2.24, 2.45) is 5.10 Å². The number of nitrogens with zero attached hydrogens (tertiary/aromatic N) is 3. The van der Waals surface area contributed by atoms with E-state index in [1.165, 1.54) is 11.1 Å². The lowest BCUT2D eigenvalue weighted by Gasteiger charge is -2.22. The molecule has 8 nitrogen and oxygen atoms in total. The largest absolute Gasteiger partial charge is 0.493 e. The number of aromatic nitrogens is 2. The zero-order chi connectivity index (χ0) is 29.5. The fraction of sp³-hybridized carbons (Fsp3) is 0.294. The van der Waals surface area contributed by atoms with Gasteiger partial charge in [0, 0.05) is 17.2 Å². The first kappa shape index (κ1) is 28.8. The molecule has 1 N–H and O–H groups in total. The number of para-hydroxylation sites is 2. The van der Waals surface area contributed by atoms with Gasteiger partial charge in [0.25, 0.3) is 11.5 Å². The van der Waals surface area contributed by atoms with Gasteiger partial charge in [-0.2, -0.15) is 9.78 Å². The first-order valence-corrected chi connectivity index (χ1v) is 14.3. The van der Waals surface area contributed by atoms with Crippen LogP contribution in [0.25, 0.3) is 10.9 Å². The summed E-state index contributed by atoms with van der Waals surface area (Å²) in [6.45, 7) is 5.62. The monoisotopic (exact) mass is 564 g/mol. The van der Waals surface area contributed by atoms with E-state index in [1.807, 2.05) is 55.5 Å². The van der Waals surface area contributed by atoms with E-state index in [9.17, 15) is 9.59 Å². The SMILES string of the molecule is C=CCc1cc(C=Nn2c(C3CCCCC3)nc3ccccc3c2=O)cc(OC)c1OCC(=O)Nc1ccccc1C. The highest BCUT2D eigenvalue weighted by molar-refractivity contribution is 5.92. The van der Waals surface area contributed by atoms with Crippen molar-refractivity contribution >= 4 is 28.7 Å². The summed E-state index contributed by atoms with van der Waals surface area (Å²) in [4.78, 5) is 31.1. The van der Waals surface area contributed by atoms with Gasteiger partial charge >= 0.3 is 0 Å². The molecule has 1 aliphatic rings. The molecule has 1 fully saturated rings. The minimum atomic E-state index is -0.278. The summed E-state index contributed by atoms with van der Waals surface area (Å²) in [5.74, 6) is 1.52. The first-order valence-electron chi connectivity index (χ1n) is 14.3. The minimum Gasteiger partial charge on any atom is -0.493 e. The molecule has 1 aromatic heterocycles. The van der Waals surface area contributed by atoms with Crippen LogP contribution in [0, 0.1) is 6.92 Å². The van der Waals surface area contributed by atoms with Crippen molar-refractivity contribution in [2.75, 3.05) is 19.0 Å². The van der Waals surface area contributed by atoms with Crippen molar-refractivity contribution in [2.45, 2.75) is 51.4 Å². The Morgan fingerprint density at radius 2 is 1.88 bits per heavy atom. The third-order valence-electron chi connectivity index (χ3n) is 7.58. The topological polar surface area (TPSA) is 94.8 Å². The maximum absolute atomic E-state index is 13.6. The first-order chi connectivity index (χ1) is 20.5. The Morgan fingerprint density at radius 1 is 1.12 bits per heavy atom. The van der Waals surface area contributed by atoms with Gasteiger partial charge in [-0.15, -0.1) is 6.58 Å². The van der Waals surface area contributed by atoms with Crippen LogP contribution in [0.5, 0.6) is 11.5 Å². The van der Waals surface area contributed by atoms with Gasteiger partial charge in [0.05, 0.1) is 24.2 Å². The lowest BCUT2D eigenvalue weighted by atomic mass is 9.88. The van der Waals surface area contributed by atoms with Gasteiger partial charge in [-0.05, 0) is 67.6 Å². The maximum atomic E-state index is 13.6. The molecule has 0 atom stereocenters. The number of aryl methyl sites for hydroxylation is 1. The van der Waals surface area contributed by atoms with Gasteiger partial charge in [0.2, 0.25) is 0 Å². The highest BCUT2D eigenvalue weighted by atomic mass is 16.5. The fourth-order valence-corrected chi connectivity index (χ4v) is 5.42. The number of allylic oxidation sites excluding steroid dienone is 1. The van der Waals surface area contributed by atoms with E-state index >= 15 is 0 Å². The molecule has 1 amide bonds. The van der Waals surface area contributed by atoms with Crippen LogP contribution in [0.3, 0.4) is 0 Å². The van der Waals surface area contributed by atoms with Crippen LogP contribution in [0.2, 0.25) is 0 Å². The maximum Gasteiger partial charge on any atom is 0.282 e. The molecule has 1 aliphatic carbocycles. The van der Waals surface area contributed by atoms with Crippen molar-refractivity contribution in [1.82, 2.24) is 9.66 Å². The van der Waals surface area contributed by atoms with Crippen molar-refractivity contribution in [3.8, 4) is 11.5 Å². The number of rotatable bonds is 10. The summed E-state index contributed by atoms with van der Waals surface area (Å²) in [5.41, 5.74) is 3.71. The van der Waals surface area contributed by atoms with Crippen LogP contribution in [-0.2, 0) is 11.2 Å². The number of ether oxygens (including phenoxy) is 2. The molecule has 4 aromatic rings. The molecular weight excluding hydrogens is 528 g/mol. The number of hydrogen-bond donors (Lipinski definition) is 1. The molecule has 0 bridgehead atoms. The Morgan fingerprint density at radius 3 is 2.64 bits per heavy atom. The van der Waals surface area contributed by atoms with Gasteiger partial charge in [-0.1, -0.05) is 55.7 Å². The number of fused-ring (bicyclic) bond motifs is 1. The fourth-order valence-electron chi connectivity index (χ4n) is 5.42. The number of nitrogens with one attached hydrogen (secondary N) is 1. The predicted molar refractivity (Wildman–Crippen MR) is 167 cm³/mol. The third-order valence-corrected chi connectivity index (χ3v) is 7.58. The normalized spacial score (nSPS) is 13.8. The molecule has 216 valence electrons. The number of methoxy groups -OCH3 is 1. The number of carbonyl (C=O) groups excluding carboxylic acids is 1. The minimum absolute atomic E-state index is 0.181. The molecule has 0 aliphatic heterocycles. The summed E-state index contributed by atoms with van der Waals surface area (Å²) in [6, 6.07) is 18.7. The van der Waals surface area contributed by atoms with Crippen molar-refractivity contribution in [1.29, 1.82) is 0 Å². The quantitative estimate of drug-likeness (QED) is 0.178. The average molecular weight is 565 g/mol. The molecule has 1 heterocycles. The number of benzene rings is 3. The van der Waals surface area contributed by atoms with Crippen LogP contribution in [0.4, 0.5) is 5.69 Å². The molecule has 1 saturated carbocycles. The van der Waals surface area contributed by atoms with Gasteiger partial charge in [-0.25, -0.2) is 4.98 Å². The zero-order valence-electron chi connectivity index (χ0n) is 24.1. The van der Waals surface area contributed by atoms with Gasteiger partial charge in [-0.3, -0.25) is 9.59 Å². The second-order valence-corrected chi connectivity index (χ2v) is 10.5. The lowest BCUT2D eigenvalue weighted by molar-refractivity contribution is -0.118. The Labute approximate surface area is 245 Å². The smallest absolute Gasteiger partial charge is 0.282 e. The van der Waals surface area contributed by atoms with E-state index in [0.717, 1.165) is 48.1 Å². The molecular formula is C34H36N4O4. The van der Waals surface area contributed by atoms with E-state index in [2.05, 4.69) is 17.0 Å². The van der Waals surface area contributed by atoms with Crippen molar-refractivity contribution in [3.05, 3.63) is 106 Å². The number of amides is 1. The Balaban J connectivity index is 1.45. The zero-order valence-corrected chi connectivity index (χ0v) is 24.1. The average Bonchev–Trinajstić information content (AvgIpc) is 3.01. The number of hydrogen-bond acceptors (Lipinski definition) is 6. The van der Waals surface area contributed by atoms with Crippen LogP contribution in [0.15, 0.2) is 83.2 Å².